The van der Waals surface area contributed by atoms with E-state index in [9.17, 15) is 4.79 Å². The van der Waals surface area contributed by atoms with Gasteiger partial charge in [-0.05, 0) is 19.1 Å². The van der Waals surface area contributed by atoms with Crippen molar-refractivity contribution in [3.8, 4) is 0 Å². The number of carboxylic acids is 1. The summed E-state index contributed by atoms with van der Waals surface area (Å²) in [6.45, 7) is 3.71. The normalized spacial score (nSPS) is 15.3. The Bertz CT molecular complexity index is 160. The molecule has 78 valence electrons. The molecule has 0 fully saturated rings. The van der Waals surface area contributed by atoms with Crippen molar-refractivity contribution in [3.63, 3.8) is 0 Å². The highest BCUT2D eigenvalue weighted by Gasteiger charge is 2.27. The van der Waals surface area contributed by atoms with Crippen LogP contribution in [-0.2, 0) is 4.79 Å². The van der Waals surface area contributed by atoms with Gasteiger partial charge in [0.05, 0.1) is 0 Å². The summed E-state index contributed by atoms with van der Waals surface area (Å²) in [6, 6.07) is 0. The Labute approximate surface area is 84.1 Å². The molecule has 0 amide bonds. The van der Waals surface area contributed by atoms with Crippen LogP contribution < -0.4 is 5.73 Å². The molecule has 0 rings (SSSR count). The monoisotopic (exact) mass is 205 g/mol. The van der Waals surface area contributed by atoms with Crippen LogP contribution in [0.1, 0.15) is 33.1 Å². The third-order valence-corrected chi connectivity index (χ3v) is 3.16. The lowest BCUT2D eigenvalue weighted by Gasteiger charge is -2.18. The van der Waals surface area contributed by atoms with Crippen LogP contribution in [0.4, 0.5) is 0 Å². The first kappa shape index (κ1) is 12.8. The second-order valence-electron chi connectivity index (χ2n) is 3.48. The van der Waals surface area contributed by atoms with Crippen LogP contribution >= 0.6 is 11.8 Å². The zero-order chi connectivity index (χ0) is 10.3. The Hall–Kier alpha value is -0.220. The first-order valence-corrected chi connectivity index (χ1v) is 5.76. The van der Waals surface area contributed by atoms with Gasteiger partial charge in [0.15, 0.2) is 0 Å². The number of unbranched alkanes of at least 4 members (excludes halogenated alkanes) is 2. The second-order valence-corrected chi connectivity index (χ2v) is 4.59. The fourth-order valence-electron chi connectivity index (χ4n) is 0.800. The van der Waals surface area contributed by atoms with Gasteiger partial charge in [0, 0.05) is 5.75 Å². The lowest BCUT2D eigenvalue weighted by atomic mass is 10.1. The van der Waals surface area contributed by atoms with Crippen molar-refractivity contribution in [2.24, 2.45) is 5.73 Å². The molecule has 0 aromatic rings. The molecule has 0 aliphatic rings. The molecule has 0 aliphatic heterocycles. The summed E-state index contributed by atoms with van der Waals surface area (Å²) in [6.07, 6.45) is 3.55. The molecule has 0 bridgehead atoms. The smallest absolute Gasteiger partial charge is 0.324 e. The highest BCUT2D eigenvalue weighted by molar-refractivity contribution is 7.99. The minimum absolute atomic E-state index is 0.492. The number of carbonyl (C=O) groups is 1. The van der Waals surface area contributed by atoms with Crippen molar-refractivity contribution in [3.05, 3.63) is 0 Å². The molecular formula is C9H19NO2S. The molecule has 0 aromatic heterocycles. The van der Waals surface area contributed by atoms with Crippen LogP contribution in [0.25, 0.3) is 0 Å². The van der Waals surface area contributed by atoms with E-state index in [-0.39, 0.29) is 0 Å². The molecule has 0 heterocycles. The summed E-state index contributed by atoms with van der Waals surface area (Å²) in [4.78, 5) is 10.6. The lowest BCUT2D eigenvalue weighted by Crippen LogP contribution is -2.47. The van der Waals surface area contributed by atoms with Gasteiger partial charge in [-0.3, -0.25) is 4.79 Å². The van der Waals surface area contributed by atoms with E-state index in [0.717, 1.165) is 12.2 Å². The number of hydrogen-bond acceptors (Lipinski definition) is 3. The van der Waals surface area contributed by atoms with Crippen LogP contribution in [0.2, 0.25) is 0 Å². The summed E-state index contributed by atoms with van der Waals surface area (Å²) in [5.74, 6) is 0.579. The second kappa shape index (κ2) is 6.27. The van der Waals surface area contributed by atoms with E-state index in [1.165, 1.54) is 12.8 Å². The largest absolute Gasteiger partial charge is 0.480 e. The maximum atomic E-state index is 10.6. The molecule has 1 unspecified atom stereocenters. The van der Waals surface area contributed by atoms with Crippen molar-refractivity contribution in [2.45, 2.75) is 38.6 Å². The van der Waals surface area contributed by atoms with Gasteiger partial charge < -0.3 is 10.8 Å². The van der Waals surface area contributed by atoms with Gasteiger partial charge in [-0.25, -0.2) is 0 Å². The maximum Gasteiger partial charge on any atom is 0.324 e. The van der Waals surface area contributed by atoms with Gasteiger partial charge in [-0.1, -0.05) is 19.8 Å². The molecule has 4 heteroatoms. The zero-order valence-corrected chi connectivity index (χ0v) is 9.19. The van der Waals surface area contributed by atoms with Crippen molar-refractivity contribution in [2.75, 3.05) is 11.5 Å². The number of carboxylic acid groups (broad SMARTS) is 1. The number of aliphatic carboxylic acids is 1. The molecule has 3 nitrogen and oxygen atoms in total. The minimum atomic E-state index is -1.07. The van der Waals surface area contributed by atoms with E-state index < -0.39 is 11.5 Å². The van der Waals surface area contributed by atoms with Crippen LogP contribution in [0.5, 0.6) is 0 Å². The summed E-state index contributed by atoms with van der Waals surface area (Å²) in [5, 5.41) is 8.71. The number of nitrogens with two attached hydrogens (primary N) is 1. The lowest BCUT2D eigenvalue weighted by molar-refractivity contribution is -0.141. The Morgan fingerprint density at radius 1 is 1.54 bits per heavy atom. The maximum absolute atomic E-state index is 10.6. The first-order valence-electron chi connectivity index (χ1n) is 4.60. The SMILES string of the molecule is CCCCCSCC(C)(N)C(=O)O. The summed E-state index contributed by atoms with van der Waals surface area (Å²) in [5.41, 5.74) is 4.48. The molecule has 0 saturated heterocycles. The molecule has 0 saturated carbocycles. The fourth-order valence-corrected chi connectivity index (χ4v) is 1.90. The molecular weight excluding hydrogens is 186 g/mol. The van der Waals surface area contributed by atoms with Gasteiger partial charge >= 0.3 is 5.97 Å². The topological polar surface area (TPSA) is 63.3 Å². The van der Waals surface area contributed by atoms with Crippen LogP contribution in [0.3, 0.4) is 0 Å². The van der Waals surface area contributed by atoms with Crippen LogP contribution in [0, 0.1) is 0 Å². The predicted molar refractivity (Wildman–Crippen MR) is 57.1 cm³/mol. The zero-order valence-electron chi connectivity index (χ0n) is 8.38. The van der Waals surface area contributed by atoms with Gasteiger partial charge in [-0.2, -0.15) is 11.8 Å². The van der Waals surface area contributed by atoms with Gasteiger partial charge in [-0.15, -0.1) is 0 Å². The minimum Gasteiger partial charge on any atom is -0.480 e. The Morgan fingerprint density at radius 2 is 2.15 bits per heavy atom. The van der Waals surface area contributed by atoms with Crippen molar-refractivity contribution >= 4 is 17.7 Å². The molecule has 0 aliphatic carbocycles. The average Bonchev–Trinajstić information content (AvgIpc) is 2.03. The Morgan fingerprint density at radius 3 is 2.62 bits per heavy atom. The number of thioether (sulfide) groups is 1. The van der Waals surface area contributed by atoms with E-state index in [4.69, 9.17) is 10.8 Å². The molecule has 3 N–H and O–H groups in total. The van der Waals surface area contributed by atoms with E-state index in [1.807, 2.05) is 0 Å². The summed E-state index contributed by atoms with van der Waals surface area (Å²) < 4.78 is 0. The summed E-state index contributed by atoms with van der Waals surface area (Å²) >= 11 is 1.62. The molecule has 0 spiro atoms. The van der Waals surface area contributed by atoms with E-state index in [1.54, 1.807) is 18.7 Å². The number of hydrogen-bond donors (Lipinski definition) is 2. The third-order valence-electron chi connectivity index (χ3n) is 1.78. The molecule has 0 radical (unpaired) electrons. The van der Waals surface area contributed by atoms with E-state index >= 15 is 0 Å². The van der Waals surface area contributed by atoms with E-state index in [2.05, 4.69) is 6.92 Å². The third kappa shape index (κ3) is 5.93. The fraction of sp³-hybridized carbons (Fsp3) is 0.889. The van der Waals surface area contributed by atoms with Crippen LogP contribution in [-0.4, -0.2) is 28.1 Å². The van der Waals surface area contributed by atoms with Gasteiger partial charge in [0.2, 0.25) is 0 Å². The molecule has 13 heavy (non-hydrogen) atoms. The summed E-state index contributed by atoms with van der Waals surface area (Å²) in [7, 11) is 0. The number of rotatable bonds is 7. The van der Waals surface area contributed by atoms with Crippen LogP contribution in [0.15, 0.2) is 0 Å². The average molecular weight is 205 g/mol. The molecule has 0 aromatic carbocycles. The molecule has 1 atom stereocenters. The highest BCUT2D eigenvalue weighted by Crippen LogP contribution is 2.13. The first-order chi connectivity index (χ1) is 6.00. The standard InChI is InChI=1S/C9H19NO2S/c1-3-4-5-6-13-7-9(2,10)8(11)12/h3-7,10H2,1-2H3,(H,11,12). The quantitative estimate of drug-likeness (QED) is 0.621. The van der Waals surface area contributed by atoms with Gasteiger partial charge in [0.25, 0.3) is 0 Å². The van der Waals surface area contributed by atoms with Crippen molar-refractivity contribution < 1.29 is 9.90 Å². The Balaban J connectivity index is 3.46. The van der Waals surface area contributed by atoms with Crippen molar-refractivity contribution in [1.82, 2.24) is 0 Å². The van der Waals surface area contributed by atoms with E-state index in [0.29, 0.717) is 5.75 Å². The highest BCUT2D eigenvalue weighted by atomic mass is 32.2. The van der Waals surface area contributed by atoms with Crippen molar-refractivity contribution in [1.29, 1.82) is 0 Å². The predicted octanol–water partition coefficient (Wildman–Crippen LogP) is 1.71. The Kier molecular flexibility index (Phi) is 6.16. The van der Waals surface area contributed by atoms with Gasteiger partial charge in [0.1, 0.15) is 5.54 Å².